The Balaban J connectivity index is 1.67. The summed E-state index contributed by atoms with van der Waals surface area (Å²) in [6, 6.07) is 0. The summed E-state index contributed by atoms with van der Waals surface area (Å²) in [5, 5.41) is 9.14. The highest BCUT2D eigenvalue weighted by atomic mass is 16.9. The van der Waals surface area contributed by atoms with Crippen LogP contribution >= 0.6 is 0 Å². The average Bonchev–Trinajstić information content (AvgIpc) is 3.09. The molecular formula is C12H15NO7. The van der Waals surface area contributed by atoms with Crippen molar-refractivity contribution < 1.29 is 33.6 Å². The van der Waals surface area contributed by atoms with E-state index in [1.54, 1.807) is 6.92 Å². The first-order valence-electron chi connectivity index (χ1n) is 6.53. The van der Waals surface area contributed by atoms with E-state index in [2.05, 4.69) is 0 Å². The summed E-state index contributed by atoms with van der Waals surface area (Å²) in [6.45, 7) is 1.04. The first-order chi connectivity index (χ1) is 9.50. The fourth-order valence-corrected chi connectivity index (χ4v) is 3.78. The van der Waals surface area contributed by atoms with Crippen molar-refractivity contribution in [2.75, 3.05) is 13.8 Å². The molecule has 0 aromatic rings. The number of ether oxygens (including phenoxy) is 4. The molecule has 0 radical (unpaired) electrons. The normalized spacial score (nSPS) is 52.9. The molecule has 0 aromatic heterocycles. The molecule has 0 spiro atoms. The third-order valence-electron chi connectivity index (χ3n) is 4.70. The molecule has 0 aromatic carbocycles. The average molecular weight is 285 g/mol. The van der Waals surface area contributed by atoms with E-state index in [-0.39, 0.29) is 0 Å². The van der Waals surface area contributed by atoms with Crippen LogP contribution in [0.1, 0.15) is 6.92 Å². The van der Waals surface area contributed by atoms with Gasteiger partial charge in [-0.1, -0.05) is 0 Å². The van der Waals surface area contributed by atoms with Crippen molar-refractivity contribution in [3.05, 3.63) is 0 Å². The molecule has 0 saturated carbocycles. The Kier molecular flexibility index (Phi) is 2.39. The van der Waals surface area contributed by atoms with Crippen LogP contribution in [0.4, 0.5) is 0 Å². The van der Waals surface area contributed by atoms with Gasteiger partial charge in [-0.3, -0.25) is 14.5 Å². The molecule has 8 nitrogen and oxygen atoms in total. The van der Waals surface area contributed by atoms with Gasteiger partial charge >= 0.3 is 0 Å². The predicted octanol–water partition coefficient (Wildman–Crippen LogP) is -1.58. The SMILES string of the molecule is COC1(C)O[C@H]2[C@H](O1)[C@@H]1O[C@@H]2[C@H]2C(=O)N(CO)C(=O)[C@@H]12. The van der Waals surface area contributed by atoms with E-state index >= 15 is 0 Å². The Labute approximate surface area is 114 Å². The predicted molar refractivity (Wildman–Crippen MR) is 59.7 cm³/mol. The lowest BCUT2D eigenvalue weighted by Crippen LogP contribution is -2.46. The van der Waals surface area contributed by atoms with E-state index in [0.29, 0.717) is 0 Å². The van der Waals surface area contributed by atoms with Crippen LogP contribution in [-0.2, 0) is 28.5 Å². The number of carbonyl (C=O) groups excluding carboxylic acids is 2. The zero-order chi connectivity index (χ0) is 14.2. The number of fused-ring (bicyclic) bond motifs is 8. The van der Waals surface area contributed by atoms with Crippen LogP contribution in [0.15, 0.2) is 0 Å². The van der Waals surface area contributed by atoms with Gasteiger partial charge in [-0.2, -0.15) is 0 Å². The van der Waals surface area contributed by atoms with Gasteiger partial charge in [0.25, 0.3) is 5.97 Å². The molecule has 20 heavy (non-hydrogen) atoms. The molecule has 4 heterocycles. The van der Waals surface area contributed by atoms with Crippen LogP contribution in [0.25, 0.3) is 0 Å². The van der Waals surface area contributed by atoms with Crippen molar-refractivity contribution >= 4 is 11.8 Å². The topological polar surface area (TPSA) is 94.5 Å². The van der Waals surface area contributed by atoms with Crippen LogP contribution in [0, 0.1) is 11.8 Å². The number of imide groups is 1. The summed E-state index contributed by atoms with van der Waals surface area (Å²) in [6.07, 6.45) is -1.91. The molecule has 2 bridgehead atoms. The van der Waals surface area contributed by atoms with Gasteiger partial charge in [0.2, 0.25) is 11.8 Å². The van der Waals surface area contributed by atoms with E-state index in [1.165, 1.54) is 7.11 Å². The molecule has 7 atom stereocenters. The number of aliphatic hydroxyl groups excluding tert-OH is 1. The number of aliphatic hydroxyl groups is 1. The van der Waals surface area contributed by atoms with Crippen LogP contribution in [0.5, 0.6) is 0 Å². The molecule has 4 rings (SSSR count). The molecule has 8 heteroatoms. The number of likely N-dealkylation sites (tertiary alicyclic amines) is 1. The molecule has 4 saturated heterocycles. The van der Waals surface area contributed by atoms with Gasteiger partial charge in [-0.15, -0.1) is 0 Å². The second-order valence-corrected chi connectivity index (χ2v) is 5.59. The Morgan fingerprint density at radius 1 is 1.15 bits per heavy atom. The van der Waals surface area contributed by atoms with Crippen LogP contribution in [-0.4, -0.2) is 66.1 Å². The van der Waals surface area contributed by atoms with E-state index in [1.807, 2.05) is 0 Å². The molecule has 110 valence electrons. The monoisotopic (exact) mass is 285 g/mol. The maximum absolute atomic E-state index is 12.2. The van der Waals surface area contributed by atoms with Crippen LogP contribution < -0.4 is 0 Å². The highest BCUT2D eigenvalue weighted by Crippen LogP contribution is 2.54. The van der Waals surface area contributed by atoms with Crippen molar-refractivity contribution in [1.82, 2.24) is 4.90 Å². The third kappa shape index (κ3) is 1.28. The van der Waals surface area contributed by atoms with Gasteiger partial charge in [0, 0.05) is 14.0 Å². The zero-order valence-electron chi connectivity index (χ0n) is 11.0. The van der Waals surface area contributed by atoms with Crippen LogP contribution in [0.3, 0.4) is 0 Å². The number of hydrogen-bond donors (Lipinski definition) is 1. The first kappa shape index (κ1) is 12.7. The molecule has 1 unspecified atom stereocenters. The first-order valence-corrected chi connectivity index (χ1v) is 6.53. The van der Waals surface area contributed by atoms with Crippen molar-refractivity contribution in [2.45, 2.75) is 37.3 Å². The van der Waals surface area contributed by atoms with E-state index < -0.39 is 60.8 Å². The fourth-order valence-electron chi connectivity index (χ4n) is 3.78. The lowest BCUT2D eigenvalue weighted by atomic mass is 9.78. The highest BCUT2D eigenvalue weighted by Gasteiger charge is 2.73. The van der Waals surface area contributed by atoms with Gasteiger partial charge in [0.15, 0.2) is 0 Å². The summed E-state index contributed by atoms with van der Waals surface area (Å²) in [7, 11) is 1.47. The highest BCUT2D eigenvalue weighted by molar-refractivity contribution is 6.06. The Morgan fingerprint density at radius 3 is 2.05 bits per heavy atom. The summed E-state index contributed by atoms with van der Waals surface area (Å²) in [5.74, 6) is -3.16. The van der Waals surface area contributed by atoms with Crippen LogP contribution in [0.2, 0.25) is 0 Å². The Hall–Kier alpha value is -1.06. The number of carbonyl (C=O) groups is 2. The second-order valence-electron chi connectivity index (χ2n) is 5.59. The summed E-state index contributed by atoms with van der Waals surface area (Å²) < 4.78 is 22.3. The van der Waals surface area contributed by atoms with Crippen molar-refractivity contribution in [3.8, 4) is 0 Å². The van der Waals surface area contributed by atoms with Gasteiger partial charge in [0.05, 0.1) is 24.0 Å². The number of amides is 2. The number of methoxy groups -OCH3 is 1. The molecule has 1 N–H and O–H groups in total. The smallest absolute Gasteiger partial charge is 0.280 e. The summed E-state index contributed by atoms with van der Waals surface area (Å²) in [4.78, 5) is 25.2. The van der Waals surface area contributed by atoms with Gasteiger partial charge in [-0.05, 0) is 0 Å². The van der Waals surface area contributed by atoms with Crippen molar-refractivity contribution in [3.63, 3.8) is 0 Å². The minimum absolute atomic E-state index is 0.400. The lowest BCUT2D eigenvalue weighted by molar-refractivity contribution is -0.330. The third-order valence-corrected chi connectivity index (χ3v) is 4.70. The molecule has 4 aliphatic heterocycles. The van der Waals surface area contributed by atoms with E-state index in [4.69, 9.17) is 24.1 Å². The second kappa shape index (κ2) is 3.77. The quantitative estimate of drug-likeness (QED) is 0.612. The van der Waals surface area contributed by atoms with Gasteiger partial charge in [0.1, 0.15) is 18.9 Å². The number of hydrogen-bond acceptors (Lipinski definition) is 7. The molecule has 4 aliphatic rings. The molecule has 2 amide bonds. The fraction of sp³-hybridized carbons (Fsp3) is 0.833. The van der Waals surface area contributed by atoms with E-state index in [0.717, 1.165) is 4.90 Å². The van der Waals surface area contributed by atoms with E-state index in [9.17, 15) is 9.59 Å². The maximum Gasteiger partial charge on any atom is 0.280 e. The largest absolute Gasteiger partial charge is 0.376 e. The zero-order valence-corrected chi connectivity index (χ0v) is 11.0. The molecule has 0 aliphatic carbocycles. The Bertz CT molecular complexity index is 458. The number of nitrogens with zero attached hydrogens (tertiary/aromatic N) is 1. The molecule has 4 fully saturated rings. The lowest BCUT2D eigenvalue weighted by Gasteiger charge is -2.24. The minimum Gasteiger partial charge on any atom is -0.376 e. The van der Waals surface area contributed by atoms with Crippen molar-refractivity contribution in [1.29, 1.82) is 0 Å². The number of rotatable bonds is 2. The van der Waals surface area contributed by atoms with Gasteiger partial charge in [-0.25, -0.2) is 0 Å². The molecular weight excluding hydrogens is 270 g/mol. The summed E-state index contributed by atoms with van der Waals surface area (Å²) in [5.41, 5.74) is 0. The summed E-state index contributed by atoms with van der Waals surface area (Å²) >= 11 is 0. The van der Waals surface area contributed by atoms with Gasteiger partial charge < -0.3 is 24.1 Å². The van der Waals surface area contributed by atoms with Crippen molar-refractivity contribution in [2.24, 2.45) is 11.8 Å². The minimum atomic E-state index is -1.17. The maximum atomic E-state index is 12.2. The Morgan fingerprint density at radius 2 is 1.65 bits per heavy atom. The standard InChI is InChI=1S/C12H15NO7/c1-12(17-2)19-8-6-4-5(7(18-6)9(8)20-12)11(16)13(3-14)10(4)15/h4-9,14H,3H2,1-2H3/t4-,5+,6-,7-,8-,9-,12?/m1/s1.